The number of aromatic amines is 1. The number of likely N-dealkylation sites (tertiary alicyclic amines) is 1. The number of hydrogen-bond donors (Lipinski definition) is 2. The molecular weight excluding hydrogens is 396 g/mol. The Hall–Kier alpha value is -3.68. The molecule has 1 aromatic heterocycles. The molecule has 2 aromatic carbocycles. The normalized spacial score (nSPS) is 13.4. The number of aromatic nitrogens is 2. The summed E-state index contributed by atoms with van der Waals surface area (Å²) in [5.74, 6) is 0.757. The minimum atomic E-state index is -0.214. The fourth-order valence-electron chi connectivity index (χ4n) is 3.58. The van der Waals surface area contributed by atoms with Crippen LogP contribution in [-0.4, -0.2) is 46.4 Å². The Morgan fingerprint density at radius 3 is 2.74 bits per heavy atom. The number of carbonyl (C=O) groups excluding carboxylic acids is 2. The van der Waals surface area contributed by atoms with Gasteiger partial charge in [0.15, 0.2) is 6.61 Å². The van der Waals surface area contributed by atoms with Crippen molar-refractivity contribution in [3.05, 3.63) is 64.7 Å². The van der Waals surface area contributed by atoms with Gasteiger partial charge >= 0.3 is 0 Å². The molecular formula is C23H24N4O4. The minimum absolute atomic E-state index is 0.0155. The zero-order valence-corrected chi connectivity index (χ0v) is 17.1. The van der Waals surface area contributed by atoms with Crippen LogP contribution in [0.25, 0.3) is 10.9 Å². The molecule has 8 heteroatoms. The molecule has 3 aromatic rings. The van der Waals surface area contributed by atoms with Gasteiger partial charge in [0.1, 0.15) is 11.6 Å². The largest absolute Gasteiger partial charge is 0.484 e. The number of para-hydroxylation sites is 1. The molecule has 1 saturated heterocycles. The first-order valence-corrected chi connectivity index (χ1v) is 10.4. The van der Waals surface area contributed by atoms with Crippen molar-refractivity contribution in [3.63, 3.8) is 0 Å². The predicted octanol–water partition coefficient (Wildman–Crippen LogP) is 2.50. The fraction of sp³-hybridized carbons (Fsp3) is 0.304. The van der Waals surface area contributed by atoms with Crippen LogP contribution in [0, 0.1) is 0 Å². The van der Waals surface area contributed by atoms with Crippen molar-refractivity contribution in [2.24, 2.45) is 0 Å². The average molecular weight is 420 g/mol. The lowest BCUT2D eigenvalue weighted by Crippen LogP contribution is -2.32. The summed E-state index contributed by atoms with van der Waals surface area (Å²) >= 11 is 0. The van der Waals surface area contributed by atoms with E-state index < -0.39 is 0 Å². The highest BCUT2D eigenvalue weighted by atomic mass is 16.5. The molecule has 4 rings (SSSR count). The Morgan fingerprint density at radius 2 is 1.90 bits per heavy atom. The number of rotatable bonds is 7. The Labute approximate surface area is 179 Å². The molecule has 0 unspecified atom stereocenters. The number of ether oxygens (including phenoxy) is 1. The number of carbonyl (C=O) groups is 2. The van der Waals surface area contributed by atoms with Crippen LogP contribution in [0.3, 0.4) is 0 Å². The van der Waals surface area contributed by atoms with Gasteiger partial charge in [0, 0.05) is 37.7 Å². The van der Waals surface area contributed by atoms with Crippen LogP contribution in [0.15, 0.2) is 53.3 Å². The maximum absolute atomic E-state index is 12.4. The van der Waals surface area contributed by atoms with Gasteiger partial charge in [-0.05, 0) is 37.1 Å². The van der Waals surface area contributed by atoms with Crippen LogP contribution in [-0.2, 0) is 16.0 Å². The minimum Gasteiger partial charge on any atom is -0.484 e. The summed E-state index contributed by atoms with van der Waals surface area (Å²) < 4.78 is 5.59. The molecule has 2 N–H and O–H groups in total. The molecule has 0 spiro atoms. The van der Waals surface area contributed by atoms with Crippen LogP contribution in [0.5, 0.6) is 5.75 Å². The van der Waals surface area contributed by atoms with E-state index in [-0.39, 0.29) is 30.4 Å². The second kappa shape index (κ2) is 9.42. The number of amides is 2. The van der Waals surface area contributed by atoms with Gasteiger partial charge in [-0.25, -0.2) is 4.98 Å². The summed E-state index contributed by atoms with van der Waals surface area (Å²) in [6.45, 7) is 1.56. The first kappa shape index (κ1) is 20.6. The van der Waals surface area contributed by atoms with E-state index in [1.165, 1.54) is 0 Å². The van der Waals surface area contributed by atoms with Gasteiger partial charge in [-0.2, -0.15) is 0 Å². The van der Waals surface area contributed by atoms with Crippen molar-refractivity contribution in [1.29, 1.82) is 0 Å². The van der Waals surface area contributed by atoms with Crippen molar-refractivity contribution in [2.45, 2.75) is 25.7 Å². The standard InChI is InChI=1S/C23H24N4O4/c28-21(11-10-20-25-19-9-2-1-8-18(19)23(30)26-20)24-16-6-5-7-17(14-16)31-15-22(29)27-12-3-4-13-27/h1-2,5-9,14H,3-4,10-13,15H2,(H,24,28)(H,25,26,30). The molecule has 1 aliphatic rings. The van der Waals surface area contributed by atoms with Gasteiger partial charge in [0.05, 0.1) is 10.9 Å². The number of anilines is 1. The number of H-pyrrole nitrogens is 1. The third-order valence-corrected chi connectivity index (χ3v) is 5.19. The maximum Gasteiger partial charge on any atom is 0.260 e. The topological polar surface area (TPSA) is 104 Å². The van der Waals surface area contributed by atoms with E-state index in [9.17, 15) is 14.4 Å². The molecule has 0 atom stereocenters. The molecule has 0 aliphatic carbocycles. The monoisotopic (exact) mass is 420 g/mol. The summed E-state index contributed by atoms with van der Waals surface area (Å²) in [5.41, 5.74) is 0.973. The summed E-state index contributed by atoms with van der Waals surface area (Å²) in [5, 5.41) is 3.34. The summed E-state index contributed by atoms with van der Waals surface area (Å²) in [4.78, 5) is 45.5. The van der Waals surface area contributed by atoms with Gasteiger partial charge in [-0.3, -0.25) is 14.4 Å². The van der Waals surface area contributed by atoms with E-state index in [1.807, 2.05) is 6.07 Å². The maximum atomic E-state index is 12.4. The Balaban J connectivity index is 1.31. The molecule has 0 saturated carbocycles. The van der Waals surface area contributed by atoms with E-state index in [0.29, 0.717) is 34.6 Å². The van der Waals surface area contributed by atoms with Gasteiger partial charge in [-0.15, -0.1) is 0 Å². The van der Waals surface area contributed by atoms with Crippen molar-refractivity contribution in [1.82, 2.24) is 14.9 Å². The van der Waals surface area contributed by atoms with Crippen LogP contribution in [0.4, 0.5) is 5.69 Å². The second-order valence-corrected chi connectivity index (χ2v) is 7.48. The van der Waals surface area contributed by atoms with Gasteiger partial charge in [0.2, 0.25) is 5.91 Å². The third kappa shape index (κ3) is 5.28. The zero-order chi connectivity index (χ0) is 21.6. The van der Waals surface area contributed by atoms with Crippen LogP contribution >= 0.6 is 0 Å². The van der Waals surface area contributed by atoms with E-state index >= 15 is 0 Å². The second-order valence-electron chi connectivity index (χ2n) is 7.48. The molecule has 31 heavy (non-hydrogen) atoms. The highest BCUT2D eigenvalue weighted by molar-refractivity contribution is 5.91. The van der Waals surface area contributed by atoms with Crippen LogP contribution in [0.1, 0.15) is 25.1 Å². The number of nitrogens with zero attached hydrogens (tertiary/aromatic N) is 2. The number of hydrogen-bond acceptors (Lipinski definition) is 5. The van der Waals surface area contributed by atoms with Gasteiger partial charge in [-0.1, -0.05) is 18.2 Å². The van der Waals surface area contributed by atoms with Crippen molar-refractivity contribution in [2.75, 3.05) is 25.0 Å². The molecule has 2 heterocycles. The lowest BCUT2D eigenvalue weighted by Gasteiger charge is -2.15. The lowest BCUT2D eigenvalue weighted by atomic mass is 10.2. The predicted molar refractivity (Wildman–Crippen MR) is 117 cm³/mol. The third-order valence-electron chi connectivity index (χ3n) is 5.19. The zero-order valence-electron chi connectivity index (χ0n) is 17.1. The van der Waals surface area contributed by atoms with Crippen LogP contribution < -0.4 is 15.6 Å². The van der Waals surface area contributed by atoms with Crippen molar-refractivity contribution in [3.8, 4) is 5.75 Å². The van der Waals surface area contributed by atoms with Crippen molar-refractivity contribution >= 4 is 28.4 Å². The van der Waals surface area contributed by atoms with Crippen molar-refractivity contribution < 1.29 is 14.3 Å². The fourth-order valence-corrected chi connectivity index (χ4v) is 3.58. The lowest BCUT2D eigenvalue weighted by molar-refractivity contribution is -0.132. The SMILES string of the molecule is O=C(CCc1nc2ccccc2c(=O)[nH]1)Nc1cccc(OCC(=O)N2CCCC2)c1. The highest BCUT2D eigenvalue weighted by Gasteiger charge is 2.18. The molecule has 1 fully saturated rings. The Kier molecular flexibility index (Phi) is 6.26. The smallest absolute Gasteiger partial charge is 0.260 e. The molecule has 0 bridgehead atoms. The average Bonchev–Trinajstić information content (AvgIpc) is 3.32. The summed E-state index contributed by atoms with van der Waals surface area (Å²) in [6, 6.07) is 14.0. The van der Waals surface area contributed by atoms with Gasteiger partial charge in [0.25, 0.3) is 11.5 Å². The summed E-state index contributed by atoms with van der Waals surface area (Å²) in [7, 11) is 0. The number of fused-ring (bicyclic) bond motifs is 1. The Bertz CT molecular complexity index is 1150. The quantitative estimate of drug-likeness (QED) is 0.611. The summed E-state index contributed by atoms with van der Waals surface area (Å²) in [6.07, 6.45) is 2.55. The van der Waals surface area contributed by atoms with E-state index in [4.69, 9.17) is 4.74 Å². The first-order valence-electron chi connectivity index (χ1n) is 10.4. The molecule has 1 aliphatic heterocycles. The van der Waals surface area contributed by atoms with Crippen LogP contribution in [0.2, 0.25) is 0 Å². The molecule has 8 nitrogen and oxygen atoms in total. The number of nitrogens with one attached hydrogen (secondary N) is 2. The Morgan fingerprint density at radius 1 is 1.10 bits per heavy atom. The first-order chi connectivity index (χ1) is 15.1. The van der Waals surface area contributed by atoms with E-state index in [0.717, 1.165) is 25.9 Å². The molecule has 2 amide bonds. The number of benzene rings is 2. The van der Waals surface area contributed by atoms with E-state index in [2.05, 4.69) is 15.3 Å². The highest BCUT2D eigenvalue weighted by Crippen LogP contribution is 2.18. The number of aryl methyl sites for hydroxylation is 1. The van der Waals surface area contributed by atoms with E-state index in [1.54, 1.807) is 47.4 Å². The van der Waals surface area contributed by atoms with Gasteiger partial charge < -0.3 is 19.9 Å². The molecule has 160 valence electrons. The molecule has 0 radical (unpaired) electrons.